The number of morpholine rings is 1. The average molecular weight is 319 g/mol. The molecule has 0 aliphatic carbocycles. The minimum atomic E-state index is -0.382. The van der Waals surface area contributed by atoms with E-state index in [2.05, 4.69) is 9.97 Å². The summed E-state index contributed by atoms with van der Waals surface area (Å²) in [6.45, 7) is 3.18. The average Bonchev–Trinajstić information content (AvgIpc) is 2.99. The molecule has 7 heteroatoms. The van der Waals surface area contributed by atoms with Crippen molar-refractivity contribution in [1.29, 1.82) is 0 Å². The number of hydrogen-bond acceptors (Lipinski definition) is 5. The number of aromatic nitrogens is 2. The molecule has 3 heterocycles. The molecular formula is C15H17N3O3S. The first-order chi connectivity index (χ1) is 10.6. The molecule has 3 rings (SSSR count). The number of hydrogen-bond donors (Lipinski definition) is 1. The fourth-order valence-corrected chi connectivity index (χ4v) is 3.14. The van der Waals surface area contributed by atoms with Gasteiger partial charge in [-0.3, -0.25) is 9.59 Å². The van der Waals surface area contributed by atoms with Gasteiger partial charge < -0.3 is 14.6 Å². The van der Waals surface area contributed by atoms with E-state index in [1.54, 1.807) is 23.2 Å². The molecular weight excluding hydrogens is 302 g/mol. The molecule has 1 saturated heterocycles. The van der Waals surface area contributed by atoms with Crippen LogP contribution in [0, 0.1) is 6.92 Å². The molecule has 1 amide bonds. The molecule has 6 nitrogen and oxygen atoms in total. The van der Waals surface area contributed by atoms with Gasteiger partial charge in [-0.05, 0) is 29.3 Å². The topological polar surface area (TPSA) is 75.3 Å². The Labute approximate surface area is 131 Å². The number of carbonyl (C=O) groups is 1. The van der Waals surface area contributed by atoms with Gasteiger partial charge in [-0.2, -0.15) is 11.3 Å². The highest BCUT2D eigenvalue weighted by molar-refractivity contribution is 7.07. The number of rotatable bonds is 3. The molecule has 0 spiro atoms. The highest BCUT2D eigenvalue weighted by Gasteiger charge is 2.27. The quantitative estimate of drug-likeness (QED) is 0.925. The number of amides is 1. The minimum Gasteiger partial charge on any atom is -0.367 e. The lowest BCUT2D eigenvalue weighted by Crippen LogP contribution is -2.43. The van der Waals surface area contributed by atoms with Gasteiger partial charge in [0, 0.05) is 18.3 Å². The number of thiophene rings is 1. The molecule has 22 heavy (non-hydrogen) atoms. The Hall–Kier alpha value is -1.99. The number of aromatic amines is 1. The lowest BCUT2D eigenvalue weighted by atomic mass is 10.2. The predicted octanol–water partition coefficient (Wildman–Crippen LogP) is 1.28. The second-order valence-electron chi connectivity index (χ2n) is 5.28. The fraction of sp³-hybridized carbons (Fsp3) is 0.400. The summed E-state index contributed by atoms with van der Waals surface area (Å²) < 4.78 is 5.67. The number of H-pyrrole nitrogens is 1. The van der Waals surface area contributed by atoms with Gasteiger partial charge in [0.05, 0.1) is 19.6 Å². The van der Waals surface area contributed by atoms with Gasteiger partial charge >= 0.3 is 0 Å². The molecule has 0 saturated carbocycles. The van der Waals surface area contributed by atoms with Crippen LogP contribution in [0.5, 0.6) is 0 Å². The van der Waals surface area contributed by atoms with E-state index in [-0.39, 0.29) is 17.6 Å². The lowest BCUT2D eigenvalue weighted by molar-refractivity contribution is -0.138. The highest BCUT2D eigenvalue weighted by atomic mass is 32.1. The molecule has 0 aromatic carbocycles. The standard InChI is InChI=1S/C15H17N3O3S/c1-10-6-13(19)17-15(16-10)12-8-18(3-4-21-12)14(20)7-11-2-5-22-9-11/h2,5-6,9,12H,3-4,7-8H2,1H3,(H,16,17,19)/t12-/m0/s1. The molecule has 0 bridgehead atoms. The van der Waals surface area contributed by atoms with Crippen LogP contribution < -0.4 is 5.56 Å². The van der Waals surface area contributed by atoms with Gasteiger partial charge in [0.15, 0.2) is 0 Å². The molecule has 116 valence electrons. The van der Waals surface area contributed by atoms with Crippen molar-refractivity contribution in [2.75, 3.05) is 19.7 Å². The maximum atomic E-state index is 12.4. The monoisotopic (exact) mass is 319 g/mol. The first kappa shape index (κ1) is 14.9. The summed E-state index contributed by atoms with van der Waals surface area (Å²) in [5.74, 6) is 0.555. The molecule has 1 atom stereocenters. The largest absolute Gasteiger partial charge is 0.367 e. The first-order valence-corrected chi connectivity index (χ1v) is 8.04. The van der Waals surface area contributed by atoms with Crippen LogP contribution in [0.3, 0.4) is 0 Å². The van der Waals surface area contributed by atoms with Crippen LogP contribution in [0.25, 0.3) is 0 Å². The van der Waals surface area contributed by atoms with E-state index in [4.69, 9.17) is 4.74 Å². The summed E-state index contributed by atoms with van der Waals surface area (Å²) in [6, 6.07) is 3.39. The molecule has 1 fully saturated rings. The Balaban J connectivity index is 1.71. The fourth-order valence-electron chi connectivity index (χ4n) is 2.48. The van der Waals surface area contributed by atoms with E-state index in [9.17, 15) is 9.59 Å². The smallest absolute Gasteiger partial charge is 0.251 e. The van der Waals surface area contributed by atoms with E-state index in [0.717, 1.165) is 5.56 Å². The van der Waals surface area contributed by atoms with E-state index in [1.807, 2.05) is 16.8 Å². The second-order valence-corrected chi connectivity index (χ2v) is 6.06. The molecule has 2 aromatic heterocycles. The van der Waals surface area contributed by atoms with Crippen molar-refractivity contribution >= 4 is 17.2 Å². The third-order valence-corrected chi connectivity index (χ3v) is 4.28. The van der Waals surface area contributed by atoms with Gasteiger partial charge in [0.25, 0.3) is 5.56 Å². The van der Waals surface area contributed by atoms with E-state index >= 15 is 0 Å². The van der Waals surface area contributed by atoms with Crippen LogP contribution in [-0.4, -0.2) is 40.5 Å². The van der Waals surface area contributed by atoms with Gasteiger partial charge in [-0.15, -0.1) is 0 Å². The number of nitrogens with zero attached hydrogens (tertiary/aromatic N) is 2. The van der Waals surface area contributed by atoms with Crippen LogP contribution in [0.4, 0.5) is 0 Å². The van der Waals surface area contributed by atoms with Crippen LogP contribution >= 0.6 is 11.3 Å². The van der Waals surface area contributed by atoms with Crippen LogP contribution in [-0.2, 0) is 16.0 Å². The third-order valence-electron chi connectivity index (χ3n) is 3.55. The Morgan fingerprint density at radius 2 is 2.45 bits per heavy atom. The summed E-state index contributed by atoms with van der Waals surface area (Å²) >= 11 is 1.58. The first-order valence-electron chi connectivity index (χ1n) is 7.10. The van der Waals surface area contributed by atoms with E-state index in [0.29, 0.717) is 37.6 Å². The molecule has 1 aliphatic rings. The van der Waals surface area contributed by atoms with Crippen molar-refractivity contribution in [2.45, 2.75) is 19.4 Å². The number of aryl methyl sites for hydroxylation is 1. The summed E-state index contributed by atoms with van der Waals surface area (Å²) in [6.07, 6.45) is 0.0151. The Kier molecular flexibility index (Phi) is 4.35. The number of ether oxygens (including phenoxy) is 1. The maximum absolute atomic E-state index is 12.4. The van der Waals surface area contributed by atoms with Gasteiger partial charge in [-0.1, -0.05) is 0 Å². The Morgan fingerprint density at radius 3 is 3.18 bits per heavy atom. The number of carbonyl (C=O) groups excluding carboxylic acids is 1. The molecule has 0 unspecified atom stereocenters. The molecule has 1 aliphatic heterocycles. The molecule has 1 N–H and O–H groups in total. The van der Waals surface area contributed by atoms with Crippen molar-refractivity contribution in [3.05, 3.63) is 50.3 Å². The van der Waals surface area contributed by atoms with Gasteiger partial charge in [-0.25, -0.2) is 4.98 Å². The highest BCUT2D eigenvalue weighted by Crippen LogP contribution is 2.19. The normalized spacial score (nSPS) is 18.4. The van der Waals surface area contributed by atoms with Crippen molar-refractivity contribution in [3.63, 3.8) is 0 Å². The van der Waals surface area contributed by atoms with Crippen molar-refractivity contribution in [3.8, 4) is 0 Å². The summed E-state index contributed by atoms with van der Waals surface area (Å²) in [7, 11) is 0. The van der Waals surface area contributed by atoms with Crippen molar-refractivity contribution in [1.82, 2.24) is 14.9 Å². The van der Waals surface area contributed by atoms with E-state index < -0.39 is 0 Å². The summed E-state index contributed by atoms with van der Waals surface area (Å²) in [5.41, 5.74) is 1.47. The zero-order chi connectivity index (χ0) is 15.5. The van der Waals surface area contributed by atoms with Crippen LogP contribution in [0.2, 0.25) is 0 Å². The predicted molar refractivity (Wildman–Crippen MR) is 82.9 cm³/mol. The Morgan fingerprint density at radius 1 is 1.59 bits per heavy atom. The zero-order valence-corrected chi connectivity index (χ0v) is 13.1. The Bertz CT molecular complexity index is 711. The van der Waals surface area contributed by atoms with Crippen LogP contribution in [0.1, 0.15) is 23.2 Å². The summed E-state index contributed by atoms with van der Waals surface area (Å²) in [5, 5.41) is 3.95. The zero-order valence-electron chi connectivity index (χ0n) is 12.2. The van der Waals surface area contributed by atoms with E-state index in [1.165, 1.54) is 6.07 Å². The van der Waals surface area contributed by atoms with Crippen molar-refractivity contribution < 1.29 is 9.53 Å². The molecule has 2 aromatic rings. The van der Waals surface area contributed by atoms with Gasteiger partial charge in [0.2, 0.25) is 5.91 Å². The summed E-state index contributed by atoms with van der Waals surface area (Å²) in [4.78, 5) is 32.7. The van der Waals surface area contributed by atoms with Crippen LogP contribution in [0.15, 0.2) is 27.7 Å². The number of nitrogens with one attached hydrogen (secondary N) is 1. The van der Waals surface area contributed by atoms with Crippen molar-refractivity contribution in [2.24, 2.45) is 0 Å². The van der Waals surface area contributed by atoms with Gasteiger partial charge in [0.1, 0.15) is 11.9 Å². The SMILES string of the molecule is Cc1cc(=O)[nH]c([C@@H]2CN(C(=O)Cc3ccsc3)CCO2)n1. The maximum Gasteiger partial charge on any atom is 0.251 e. The minimum absolute atomic E-state index is 0.0710. The lowest BCUT2D eigenvalue weighted by Gasteiger charge is -2.32. The second kappa shape index (κ2) is 6.41. The third kappa shape index (κ3) is 3.42. The molecule has 0 radical (unpaired) electrons.